The number of carbonyl (C=O) groups excluding carboxylic acids is 1. The standard InChI is InChI=1S/C20H22ClFN4O2/c1-20(2,3)28-19(27)25-9-5-4-6-18(25)26-13-14(11-24-26)7-8-15-12-23-17(21)10-16(15)22/h10-13,18H,4-6,9H2,1-3H3. The summed E-state index contributed by atoms with van der Waals surface area (Å²) >= 11 is 5.65. The Labute approximate surface area is 168 Å². The van der Waals surface area contributed by atoms with E-state index in [-0.39, 0.29) is 23.0 Å². The Morgan fingerprint density at radius 1 is 1.32 bits per heavy atom. The minimum atomic E-state index is -0.559. The van der Waals surface area contributed by atoms with Gasteiger partial charge in [-0.15, -0.1) is 0 Å². The number of hydrogen-bond acceptors (Lipinski definition) is 4. The Bertz CT molecular complexity index is 926. The molecule has 0 aromatic carbocycles. The molecule has 148 valence electrons. The molecule has 8 heteroatoms. The van der Waals surface area contributed by atoms with Gasteiger partial charge < -0.3 is 4.74 Å². The molecule has 1 unspecified atom stereocenters. The number of amides is 1. The van der Waals surface area contributed by atoms with E-state index in [1.165, 1.54) is 6.20 Å². The van der Waals surface area contributed by atoms with E-state index in [4.69, 9.17) is 16.3 Å². The molecule has 0 spiro atoms. The number of carbonyl (C=O) groups is 1. The predicted octanol–water partition coefficient (Wildman–Crippen LogP) is 4.39. The van der Waals surface area contributed by atoms with Crippen LogP contribution in [0.1, 0.15) is 57.3 Å². The zero-order valence-corrected chi connectivity index (χ0v) is 16.8. The summed E-state index contributed by atoms with van der Waals surface area (Å²) in [5.41, 5.74) is 0.213. The predicted molar refractivity (Wildman–Crippen MR) is 103 cm³/mol. The number of ether oxygens (including phenoxy) is 1. The van der Waals surface area contributed by atoms with Gasteiger partial charge in [-0.3, -0.25) is 4.90 Å². The van der Waals surface area contributed by atoms with Gasteiger partial charge in [0.15, 0.2) is 0 Å². The molecular weight excluding hydrogens is 383 g/mol. The number of rotatable bonds is 1. The Hall–Kier alpha value is -2.59. The van der Waals surface area contributed by atoms with Crippen molar-refractivity contribution >= 4 is 17.7 Å². The number of pyridine rings is 1. The van der Waals surface area contributed by atoms with Gasteiger partial charge in [-0.2, -0.15) is 5.10 Å². The quantitative estimate of drug-likeness (QED) is 0.522. The van der Waals surface area contributed by atoms with Crippen LogP contribution in [0.3, 0.4) is 0 Å². The summed E-state index contributed by atoms with van der Waals surface area (Å²) in [6.07, 6.45) is 6.75. The van der Waals surface area contributed by atoms with Crippen LogP contribution in [-0.4, -0.2) is 37.9 Å². The fourth-order valence-electron chi connectivity index (χ4n) is 2.93. The number of likely N-dealkylation sites (tertiary alicyclic amines) is 1. The first-order valence-electron chi connectivity index (χ1n) is 9.10. The zero-order valence-electron chi connectivity index (χ0n) is 16.1. The SMILES string of the molecule is CC(C)(C)OC(=O)N1CCCCC1n1cc(C#Cc2cnc(Cl)cc2F)cn1. The Morgan fingerprint density at radius 3 is 2.82 bits per heavy atom. The van der Waals surface area contributed by atoms with Crippen molar-refractivity contribution in [1.82, 2.24) is 19.7 Å². The monoisotopic (exact) mass is 404 g/mol. The summed E-state index contributed by atoms with van der Waals surface area (Å²) in [5.74, 6) is 5.08. The van der Waals surface area contributed by atoms with Gasteiger partial charge in [-0.25, -0.2) is 18.9 Å². The highest BCUT2D eigenvalue weighted by Gasteiger charge is 2.31. The summed E-state index contributed by atoms with van der Waals surface area (Å²) in [7, 11) is 0. The molecule has 6 nitrogen and oxygen atoms in total. The normalized spacial score (nSPS) is 17.0. The van der Waals surface area contributed by atoms with Crippen molar-refractivity contribution in [2.75, 3.05) is 6.54 Å². The molecular formula is C20H22ClFN4O2. The smallest absolute Gasteiger partial charge is 0.411 e. The van der Waals surface area contributed by atoms with Gasteiger partial charge >= 0.3 is 6.09 Å². The van der Waals surface area contributed by atoms with Gasteiger partial charge in [0.2, 0.25) is 0 Å². The number of aromatic nitrogens is 3. The molecule has 1 atom stereocenters. The second kappa shape index (κ2) is 8.19. The molecule has 1 aliphatic rings. The van der Waals surface area contributed by atoms with Crippen molar-refractivity contribution in [2.45, 2.75) is 51.8 Å². The zero-order chi connectivity index (χ0) is 20.3. The average molecular weight is 405 g/mol. The molecule has 0 radical (unpaired) electrons. The highest BCUT2D eigenvalue weighted by molar-refractivity contribution is 6.29. The fourth-order valence-corrected chi connectivity index (χ4v) is 3.07. The van der Waals surface area contributed by atoms with Crippen molar-refractivity contribution in [3.05, 3.63) is 46.8 Å². The first-order valence-corrected chi connectivity index (χ1v) is 9.47. The van der Waals surface area contributed by atoms with Crippen molar-refractivity contribution in [3.8, 4) is 11.8 Å². The van der Waals surface area contributed by atoms with E-state index in [0.29, 0.717) is 12.1 Å². The maximum Gasteiger partial charge on any atom is 0.411 e. The van der Waals surface area contributed by atoms with Crippen molar-refractivity contribution in [3.63, 3.8) is 0 Å². The lowest BCUT2D eigenvalue weighted by molar-refractivity contribution is -0.00345. The highest BCUT2D eigenvalue weighted by atomic mass is 35.5. The van der Waals surface area contributed by atoms with Gasteiger partial charge in [-0.05, 0) is 40.0 Å². The Kier molecular flexibility index (Phi) is 5.90. The lowest BCUT2D eigenvalue weighted by atomic mass is 10.1. The van der Waals surface area contributed by atoms with Gasteiger partial charge in [-0.1, -0.05) is 23.4 Å². The van der Waals surface area contributed by atoms with Gasteiger partial charge in [0.05, 0.1) is 17.3 Å². The first-order chi connectivity index (χ1) is 13.2. The molecule has 2 aromatic heterocycles. The van der Waals surface area contributed by atoms with Crippen LogP contribution < -0.4 is 0 Å². The Morgan fingerprint density at radius 2 is 2.11 bits per heavy atom. The van der Waals surface area contributed by atoms with E-state index in [0.717, 1.165) is 25.3 Å². The third kappa shape index (κ3) is 5.02. The van der Waals surface area contributed by atoms with E-state index in [2.05, 4.69) is 21.9 Å². The first kappa shape index (κ1) is 20.2. The fraction of sp³-hybridized carbons (Fsp3) is 0.450. The van der Waals surface area contributed by atoms with Gasteiger partial charge in [0, 0.05) is 25.0 Å². The highest BCUT2D eigenvalue weighted by Crippen LogP contribution is 2.27. The average Bonchev–Trinajstić information content (AvgIpc) is 3.08. The summed E-state index contributed by atoms with van der Waals surface area (Å²) in [6, 6.07) is 1.12. The molecule has 3 rings (SSSR count). The number of hydrogen-bond donors (Lipinski definition) is 0. The molecule has 3 heterocycles. The minimum absolute atomic E-state index is 0.0791. The van der Waals surface area contributed by atoms with Crippen LogP contribution in [0.25, 0.3) is 0 Å². The number of nitrogens with zero attached hydrogens (tertiary/aromatic N) is 4. The van der Waals surface area contributed by atoms with Crippen LogP contribution in [0.15, 0.2) is 24.7 Å². The summed E-state index contributed by atoms with van der Waals surface area (Å²) in [4.78, 5) is 18.1. The maximum atomic E-state index is 13.8. The molecule has 0 bridgehead atoms. The van der Waals surface area contributed by atoms with E-state index >= 15 is 0 Å². The van der Waals surface area contributed by atoms with Crippen molar-refractivity contribution < 1.29 is 13.9 Å². The van der Waals surface area contributed by atoms with Gasteiger partial charge in [0.25, 0.3) is 0 Å². The lowest BCUT2D eigenvalue weighted by Crippen LogP contribution is -2.44. The van der Waals surface area contributed by atoms with Crippen molar-refractivity contribution in [1.29, 1.82) is 0 Å². The molecule has 28 heavy (non-hydrogen) atoms. The summed E-state index contributed by atoms with van der Waals surface area (Å²) < 4.78 is 21.1. The number of piperidine rings is 1. The van der Waals surface area contributed by atoms with Crippen LogP contribution >= 0.6 is 11.6 Å². The van der Waals surface area contributed by atoms with E-state index in [9.17, 15) is 9.18 Å². The third-order valence-corrected chi connectivity index (χ3v) is 4.37. The number of halogens is 2. The molecule has 2 aromatic rings. The molecule has 1 fully saturated rings. The van der Waals surface area contributed by atoms with E-state index in [1.54, 1.807) is 22.0 Å². The topological polar surface area (TPSA) is 60.2 Å². The molecule has 1 saturated heterocycles. The molecule has 1 amide bonds. The van der Waals surface area contributed by atoms with Gasteiger partial charge in [0.1, 0.15) is 22.7 Å². The maximum absolute atomic E-state index is 13.8. The minimum Gasteiger partial charge on any atom is -0.444 e. The lowest BCUT2D eigenvalue weighted by Gasteiger charge is -2.36. The summed E-state index contributed by atoms with van der Waals surface area (Å²) in [5, 5.41) is 4.43. The van der Waals surface area contributed by atoms with Crippen molar-refractivity contribution in [2.24, 2.45) is 0 Å². The van der Waals surface area contributed by atoms with Crippen LogP contribution in [-0.2, 0) is 4.74 Å². The van der Waals surface area contributed by atoms with Crippen LogP contribution in [0, 0.1) is 17.7 Å². The largest absolute Gasteiger partial charge is 0.444 e. The summed E-state index contributed by atoms with van der Waals surface area (Å²) in [6.45, 7) is 6.14. The van der Waals surface area contributed by atoms with Crippen LogP contribution in [0.2, 0.25) is 5.15 Å². The second-order valence-corrected chi connectivity index (χ2v) is 7.98. The molecule has 0 N–H and O–H groups in total. The third-order valence-electron chi connectivity index (χ3n) is 4.17. The second-order valence-electron chi connectivity index (χ2n) is 7.60. The van der Waals surface area contributed by atoms with Crippen LogP contribution in [0.4, 0.5) is 9.18 Å². The Balaban J connectivity index is 1.78. The molecule has 0 aliphatic carbocycles. The molecule has 0 saturated carbocycles. The van der Waals surface area contributed by atoms with Crippen LogP contribution in [0.5, 0.6) is 0 Å². The van der Waals surface area contributed by atoms with E-state index < -0.39 is 11.4 Å². The molecule has 1 aliphatic heterocycles. The van der Waals surface area contributed by atoms with E-state index in [1.807, 2.05) is 20.8 Å².